The first kappa shape index (κ1) is 23.1. The maximum atomic E-state index is 13.4. The number of urea groups is 1. The SMILES string of the molecule is C=C/C(=C\C(=C)OC(F)(F)F)C1(O)CN(c2ccc(C)cc2)C(=O)N1c1ccc(C)cc1. The van der Waals surface area contributed by atoms with Gasteiger partial charge in [0.25, 0.3) is 0 Å². The molecule has 1 atom stereocenters. The second-order valence-corrected chi connectivity index (χ2v) is 7.51. The van der Waals surface area contributed by atoms with Gasteiger partial charge in [-0.2, -0.15) is 0 Å². The smallest absolute Gasteiger partial charge is 0.406 e. The fourth-order valence-electron chi connectivity index (χ4n) is 3.49. The molecule has 0 saturated carbocycles. The Labute approximate surface area is 184 Å². The number of carbonyl (C=O) groups is 1. The third-order valence-electron chi connectivity index (χ3n) is 5.05. The standard InChI is InChI=1S/C24H23F3N2O3/c1-5-19(14-18(4)32-24(25,26)27)23(31)15-28(20-10-6-16(2)7-11-20)22(30)29(23)21-12-8-17(3)9-13-21/h5-14,31H,1,4,15H2,2-3H3/b19-14+. The van der Waals surface area contributed by atoms with E-state index in [1.165, 1.54) is 11.0 Å². The van der Waals surface area contributed by atoms with E-state index in [1.54, 1.807) is 36.4 Å². The number of aliphatic hydroxyl groups is 1. The minimum atomic E-state index is -4.95. The Balaban J connectivity index is 2.10. The van der Waals surface area contributed by atoms with Crippen molar-refractivity contribution >= 4 is 17.4 Å². The van der Waals surface area contributed by atoms with Crippen molar-refractivity contribution in [3.8, 4) is 0 Å². The van der Waals surface area contributed by atoms with E-state index in [-0.39, 0.29) is 12.1 Å². The predicted molar refractivity (Wildman–Crippen MR) is 117 cm³/mol. The molecule has 1 saturated heterocycles. The zero-order valence-electron chi connectivity index (χ0n) is 17.7. The van der Waals surface area contributed by atoms with Crippen LogP contribution < -0.4 is 9.80 Å². The molecule has 1 N–H and O–H groups in total. The number of hydrogen-bond donors (Lipinski definition) is 1. The summed E-state index contributed by atoms with van der Waals surface area (Å²) in [5.41, 5.74) is 0.714. The first-order chi connectivity index (χ1) is 14.9. The molecule has 168 valence electrons. The Hall–Kier alpha value is -3.52. The number of alkyl halides is 3. The number of allylic oxidation sites excluding steroid dienone is 1. The average molecular weight is 444 g/mol. The normalized spacial score (nSPS) is 19.3. The summed E-state index contributed by atoms with van der Waals surface area (Å²) >= 11 is 0. The van der Waals surface area contributed by atoms with Crippen LogP contribution in [0.3, 0.4) is 0 Å². The number of anilines is 2. The predicted octanol–water partition coefficient (Wildman–Crippen LogP) is 5.60. The first-order valence-electron chi connectivity index (χ1n) is 9.71. The van der Waals surface area contributed by atoms with Crippen molar-refractivity contribution < 1.29 is 27.8 Å². The fraction of sp³-hybridized carbons (Fsp3) is 0.208. The largest absolute Gasteiger partial charge is 0.573 e. The number of rotatable bonds is 6. The third kappa shape index (κ3) is 4.70. The van der Waals surface area contributed by atoms with Crippen LogP contribution in [0.1, 0.15) is 11.1 Å². The van der Waals surface area contributed by atoms with Crippen LogP contribution in [0.15, 0.2) is 85.2 Å². The Morgan fingerprint density at radius 3 is 2.03 bits per heavy atom. The van der Waals surface area contributed by atoms with E-state index in [2.05, 4.69) is 17.9 Å². The van der Waals surface area contributed by atoms with Crippen LogP contribution in [0.4, 0.5) is 29.3 Å². The summed E-state index contributed by atoms with van der Waals surface area (Å²) in [7, 11) is 0. The minimum Gasteiger partial charge on any atom is -0.406 e. The monoisotopic (exact) mass is 444 g/mol. The van der Waals surface area contributed by atoms with Crippen LogP contribution in [0.25, 0.3) is 0 Å². The van der Waals surface area contributed by atoms with Crippen molar-refractivity contribution in [3.05, 3.63) is 96.3 Å². The van der Waals surface area contributed by atoms with Crippen molar-refractivity contribution in [2.75, 3.05) is 16.3 Å². The van der Waals surface area contributed by atoms with Crippen LogP contribution >= 0.6 is 0 Å². The lowest BCUT2D eigenvalue weighted by Gasteiger charge is -2.33. The fourth-order valence-corrected chi connectivity index (χ4v) is 3.49. The lowest BCUT2D eigenvalue weighted by atomic mass is 10.00. The minimum absolute atomic E-state index is 0.0738. The molecule has 2 aromatic carbocycles. The maximum absolute atomic E-state index is 13.4. The second-order valence-electron chi connectivity index (χ2n) is 7.51. The number of benzene rings is 2. The van der Waals surface area contributed by atoms with Gasteiger partial charge in [0.1, 0.15) is 5.76 Å². The molecular formula is C24H23F3N2O3. The van der Waals surface area contributed by atoms with Gasteiger partial charge in [-0.25, -0.2) is 4.79 Å². The second kappa shape index (κ2) is 8.55. The molecule has 1 unspecified atom stereocenters. The summed E-state index contributed by atoms with van der Waals surface area (Å²) < 4.78 is 41.7. The highest BCUT2D eigenvalue weighted by atomic mass is 19.4. The van der Waals surface area contributed by atoms with Crippen molar-refractivity contribution in [1.82, 2.24) is 0 Å². The highest BCUT2D eigenvalue weighted by Crippen LogP contribution is 2.39. The van der Waals surface area contributed by atoms with Gasteiger partial charge < -0.3 is 9.84 Å². The quantitative estimate of drug-likeness (QED) is 0.466. The lowest BCUT2D eigenvalue weighted by molar-refractivity contribution is -0.303. The van der Waals surface area contributed by atoms with Crippen LogP contribution in [0.5, 0.6) is 0 Å². The van der Waals surface area contributed by atoms with E-state index >= 15 is 0 Å². The molecule has 0 aliphatic carbocycles. The highest BCUT2D eigenvalue weighted by molar-refractivity contribution is 6.08. The molecule has 1 heterocycles. The Morgan fingerprint density at radius 2 is 1.56 bits per heavy atom. The van der Waals surface area contributed by atoms with Crippen LogP contribution in [-0.2, 0) is 4.74 Å². The van der Waals surface area contributed by atoms with Crippen molar-refractivity contribution in [3.63, 3.8) is 0 Å². The van der Waals surface area contributed by atoms with Gasteiger partial charge in [-0.05, 0) is 44.2 Å². The van der Waals surface area contributed by atoms with E-state index in [0.29, 0.717) is 11.4 Å². The number of halogens is 3. The molecule has 32 heavy (non-hydrogen) atoms. The summed E-state index contributed by atoms with van der Waals surface area (Å²) in [6.45, 7) is 10.4. The van der Waals surface area contributed by atoms with Gasteiger partial charge in [-0.1, -0.05) is 54.6 Å². The Kier molecular flexibility index (Phi) is 6.18. The highest BCUT2D eigenvalue weighted by Gasteiger charge is 2.52. The van der Waals surface area contributed by atoms with Crippen molar-refractivity contribution in [2.24, 2.45) is 0 Å². The van der Waals surface area contributed by atoms with E-state index < -0.39 is 23.9 Å². The van der Waals surface area contributed by atoms with Gasteiger partial charge in [0.05, 0.1) is 6.54 Å². The zero-order chi connectivity index (χ0) is 23.7. The van der Waals surface area contributed by atoms with Gasteiger partial charge in [0.15, 0.2) is 5.72 Å². The lowest BCUT2D eigenvalue weighted by Crippen LogP contribution is -2.48. The number of aryl methyl sites for hydroxylation is 2. The molecule has 0 aromatic heterocycles. The third-order valence-corrected chi connectivity index (χ3v) is 5.05. The van der Waals surface area contributed by atoms with E-state index in [0.717, 1.165) is 22.1 Å². The topological polar surface area (TPSA) is 53.0 Å². The van der Waals surface area contributed by atoms with Crippen LogP contribution in [-0.4, -0.2) is 29.8 Å². The van der Waals surface area contributed by atoms with E-state index in [1.807, 2.05) is 26.0 Å². The summed E-state index contributed by atoms with van der Waals surface area (Å²) in [4.78, 5) is 15.9. The van der Waals surface area contributed by atoms with Gasteiger partial charge >= 0.3 is 12.4 Å². The molecule has 1 fully saturated rings. The number of hydrogen-bond acceptors (Lipinski definition) is 3. The number of nitrogens with zero attached hydrogens (tertiary/aromatic N) is 2. The number of ether oxygens (including phenoxy) is 1. The maximum Gasteiger partial charge on any atom is 0.573 e. The summed E-state index contributed by atoms with van der Waals surface area (Å²) in [5, 5.41) is 11.7. The number of amides is 2. The van der Waals surface area contributed by atoms with Gasteiger partial charge in [-0.3, -0.25) is 9.80 Å². The summed E-state index contributed by atoms with van der Waals surface area (Å²) in [5.74, 6) is -0.745. The molecule has 1 aliphatic rings. The Bertz CT molecular complexity index is 1060. The number of β-amino-alcohol motifs (C(OH)–C–C–N with tert-alkyl or cyclic N) is 1. The molecule has 1 aliphatic heterocycles. The van der Waals surface area contributed by atoms with Gasteiger partial charge in [0.2, 0.25) is 0 Å². The molecule has 8 heteroatoms. The molecular weight excluding hydrogens is 421 g/mol. The first-order valence-corrected chi connectivity index (χ1v) is 9.71. The van der Waals surface area contributed by atoms with Gasteiger partial charge in [-0.15, -0.1) is 13.2 Å². The summed E-state index contributed by atoms with van der Waals surface area (Å²) in [6, 6.07) is 13.4. The van der Waals surface area contributed by atoms with E-state index in [9.17, 15) is 23.1 Å². The molecule has 3 rings (SSSR count). The molecule has 0 bridgehead atoms. The average Bonchev–Trinajstić information content (AvgIpc) is 2.98. The van der Waals surface area contributed by atoms with Crippen molar-refractivity contribution in [2.45, 2.75) is 25.9 Å². The molecule has 0 spiro atoms. The molecule has 5 nitrogen and oxygen atoms in total. The van der Waals surface area contributed by atoms with E-state index in [4.69, 9.17) is 0 Å². The Morgan fingerprint density at radius 1 is 1.06 bits per heavy atom. The van der Waals surface area contributed by atoms with Gasteiger partial charge in [0, 0.05) is 16.9 Å². The molecule has 0 radical (unpaired) electrons. The molecule has 2 aromatic rings. The van der Waals surface area contributed by atoms with Crippen LogP contribution in [0, 0.1) is 13.8 Å². The molecule has 2 amide bonds. The van der Waals surface area contributed by atoms with Crippen molar-refractivity contribution in [1.29, 1.82) is 0 Å². The summed E-state index contributed by atoms with van der Waals surface area (Å²) in [6.07, 6.45) is -2.84. The zero-order valence-corrected chi connectivity index (χ0v) is 17.7. The number of carbonyl (C=O) groups excluding carboxylic acids is 1. The van der Waals surface area contributed by atoms with Crippen LogP contribution in [0.2, 0.25) is 0 Å².